The zero-order valence-electron chi connectivity index (χ0n) is 28.5. The number of carboxylic acids is 1. The van der Waals surface area contributed by atoms with Gasteiger partial charge in [-0.3, -0.25) is 9.48 Å². The van der Waals surface area contributed by atoms with Crippen molar-refractivity contribution in [2.45, 2.75) is 96.1 Å². The van der Waals surface area contributed by atoms with Crippen molar-refractivity contribution in [1.29, 1.82) is 0 Å². The van der Waals surface area contributed by atoms with E-state index in [1.807, 2.05) is 30.1 Å². The van der Waals surface area contributed by atoms with Crippen molar-refractivity contribution in [2.24, 2.45) is 24.8 Å². The average Bonchev–Trinajstić information content (AvgIpc) is 3.51. The van der Waals surface area contributed by atoms with Gasteiger partial charge in [0.15, 0.2) is 0 Å². The highest BCUT2D eigenvalue weighted by atomic mass is 19.1. The molecule has 2 N–H and O–H groups in total. The van der Waals surface area contributed by atoms with Gasteiger partial charge in [-0.15, -0.1) is 0 Å². The summed E-state index contributed by atoms with van der Waals surface area (Å²) in [6.07, 6.45) is 13.0. The molecule has 1 aliphatic heterocycles. The molecule has 2 aliphatic carbocycles. The molecule has 0 amide bonds. The molecular formula is C37H52FN7O2. The zero-order valence-corrected chi connectivity index (χ0v) is 28.5. The summed E-state index contributed by atoms with van der Waals surface area (Å²) in [5, 5.41) is 18.0. The quantitative estimate of drug-likeness (QED) is 0.240. The number of fused-ring (bicyclic) bond motifs is 1. The third-order valence-electron chi connectivity index (χ3n) is 11.1. The molecule has 3 aromatic rings. The maximum Gasteiger partial charge on any atom is 0.306 e. The molecule has 1 saturated carbocycles. The maximum absolute atomic E-state index is 15.0. The van der Waals surface area contributed by atoms with E-state index in [-0.39, 0.29) is 29.7 Å². The number of anilines is 2. The molecule has 10 heteroatoms. The van der Waals surface area contributed by atoms with Crippen LogP contribution in [0.3, 0.4) is 0 Å². The Kier molecular flexibility index (Phi) is 10.4. The topological polar surface area (TPSA) is 99.4 Å². The minimum Gasteiger partial charge on any atom is -0.481 e. The summed E-state index contributed by atoms with van der Waals surface area (Å²) in [6.45, 7) is 7.55. The highest BCUT2D eigenvalue weighted by molar-refractivity contribution is 5.70. The molecule has 3 heterocycles. The van der Waals surface area contributed by atoms with Crippen LogP contribution in [0.5, 0.6) is 0 Å². The lowest BCUT2D eigenvalue weighted by molar-refractivity contribution is -0.143. The second-order valence-corrected chi connectivity index (χ2v) is 14.4. The summed E-state index contributed by atoms with van der Waals surface area (Å²) in [5.74, 6) is 1.61. The molecule has 1 aromatic carbocycles. The minimum absolute atomic E-state index is 0.0201. The molecule has 254 valence electrons. The molecule has 1 saturated heterocycles. The third kappa shape index (κ3) is 7.63. The predicted molar refractivity (Wildman–Crippen MR) is 183 cm³/mol. The van der Waals surface area contributed by atoms with Gasteiger partial charge in [-0.2, -0.15) is 10.1 Å². The first-order chi connectivity index (χ1) is 22.7. The highest BCUT2D eigenvalue weighted by Gasteiger charge is 2.34. The smallest absolute Gasteiger partial charge is 0.306 e. The fraction of sp³-hybridized carbons (Fsp3) is 0.622. The summed E-state index contributed by atoms with van der Waals surface area (Å²) in [6, 6.07) is 7.36. The molecule has 47 heavy (non-hydrogen) atoms. The average molecular weight is 646 g/mol. The molecule has 2 fully saturated rings. The summed E-state index contributed by atoms with van der Waals surface area (Å²) >= 11 is 0. The van der Waals surface area contributed by atoms with Crippen molar-refractivity contribution >= 4 is 17.7 Å². The van der Waals surface area contributed by atoms with Gasteiger partial charge in [-0.25, -0.2) is 9.37 Å². The van der Waals surface area contributed by atoms with E-state index in [4.69, 9.17) is 9.97 Å². The third-order valence-corrected chi connectivity index (χ3v) is 11.1. The van der Waals surface area contributed by atoms with Gasteiger partial charge < -0.3 is 20.2 Å². The summed E-state index contributed by atoms with van der Waals surface area (Å²) in [5.41, 5.74) is 4.01. The number of nitrogens with zero attached hydrogens (tertiary/aromatic N) is 6. The van der Waals surface area contributed by atoms with Gasteiger partial charge in [0, 0.05) is 50.6 Å². The number of likely N-dealkylation sites (tertiary alicyclic amines) is 1. The molecule has 6 rings (SSSR count). The van der Waals surface area contributed by atoms with E-state index in [1.54, 1.807) is 12.1 Å². The number of rotatable bonds is 11. The Morgan fingerprint density at radius 3 is 2.62 bits per heavy atom. The van der Waals surface area contributed by atoms with Gasteiger partial charge in [-0.1, -0.05) is 32.0 Å². The Morgan fingerprint density at radius 2 is 1.94 bits per heavy atom. The van der Waals surface area contributed by atoms with E-state index in [2.05, 4.69) is 47.3 Å². The number of hydrogen-bond donors (Lipinski definition) is 2. The molecule has 2 aromatic heterocycles. The minimum atomic E-state index is -0.672. The number of aromatic nitrogens is 4. The number of benzene rings is 1. The molecule has 0 radical (unpaired) electrons. The summed E-state index contributed by atoms with van der Waals surface area (Å²) in [7, 11) is 4.05. The van der Waals surface area contributed by atoms with Crippen molar-refractivity contribution in [1.82, 2.24) is 24.6 Å². The van der Waals surface area contributed by atoms with Gasteiger partial charge in [0.2, 0.25) is 5.95 Å². The van der Waals surface area contributed by atoms with Crippen LogP contribution < -0.4 is 10.2 Å². The van der Waals surface area contributed by atoms with E-state index >= 15 is 4.39 Å². The lowest BCUT2D eigenvalue weighted by Crippen LogP contribution is -2.41. The van der Waals surface area contributed by atoms with Crippen LogP contribution in [0.1, 0.15) is 99.6 Å². The second-order valence-electron chi connectivity index (χ2n) is 14.4. The Bertz CT molecular complexity index is 1520. The van der Waals surface area contributed by atoms with E-state index in [9.17, 15) is 9.90 Å². The fourth-order valence-electron chi connectivity index (χ4n) is 8.50. The van der Waals surface area contributed by atoms with Crippen molar-refractivity contribution in [3.8, 4) is 0 Å². The van der Waals surface area contributed by atoms with Crippen LogP contribution in [0.4, 0.5) is 16.2 Å². The monoisotopic (exact) mass is 645 g/mol. The first-order valence-electron chi connectivity index (χ1n) is 17.8. The van der Waals surface area contributed by atoms with Crippen molar-refractivity contribution in [2.75, 3.05) is 36.9 Å². The Morgan fingerprint density at radius 1 is 1.15 bits per heavy atom. The van der Waals surface area contributed by atoms with Gasteiger partial charge in [-0.05, 0) is 100 Å². The first-order valence-corrected chi connectivity index (χ1v) is 17.8. The number of hydrogen-bond acceptors (Lipinski definition) is 7. The van der Waals surface area contributed by atoms with Crippen molar-refractivity contribution < 1.29 is 14.3 Å². The standard InChI is InChI=1S/C37H52FN7O2/c1-5-34(25-12-14-26(15-13-25)36(46)47)44(4)37-41-32-17-16-27(29-10-6-7-11-31(29)38)19-30(32)35(42-37)40-33(28-20-39-43(3)22-28)23-45-18-8-9-24(2)21-45/h6-7,10-11,20,22,24-27,33-34H,5,8-9,12-19,21,23H2,1-4H3,(H,46,47)(H,40,41,42)/t24-,25?,26?,27+,33-,34+/m0/s1. The summed E-state index contributed by atoms with van der Waals surface area (Å²) in [4.78, 5) is 26.9. The van der Waals surface area contributed by atoms with Crippen LogP contribution in [0.25, 0.3) is 0 Å². The Labute approximate surface area is 279 Å². The second kappa shape index (κ2) is 14.7. The van der Waals surface area contributed by atoms with E-state index in [0.29, 0.717) is 24.2 Å². The molecule has 0 spiro atoms. The lowest BCUT2D eigenvalue weighted by atomic mass is 9.77. The Balaban J connectivity index is 1.34. The van der Waals surface area contributed by atoms with Crippen LogP contribution in [-0.4, -0.2) is 68.4 Å². The van der Waals surface area contributed by atoms with Crippen LogP contribution in [0.2, 0.25) is 0 Å². The van der Waals surface area contributed by atoms with Crippen molar-refractivity contribution in [3.05, 3.63) is 64.9 Å². The van der Waals surface area contributed by atoms with Gasteiger partial charge >= 0.3 is 5.97 Å². The van der Waals surface area contributed by atoms with E-state index < -0.39 is 5.97 Å². The highest BCUT2D eigenvalue weighted by Crippen LogP contribution is 2.39. The molecule has 0 unspecified atom stereocenters. The zero-order chi connectivity index (χ0) is 33.1. The number of halogens is 1. The predicted octanol–water partition coefficient (Wildman–Crippen LogP) is 6.61. The summed E-state index contributed by atoms with van der Waals surface area (Å²) < 4.78 is 16.9. The lowest BCUT2D eigenvalue weighted by Gasteiger charge is -2.38. The number of carbonyl (C=O) groups is 1. The number of aliphatic carboxylic acids is 1. The van der Waals surface area contributed by atoms with Gasteiger partial charge in [0.05, 0.1) is 23.9 Å². The van der Waals surface area contributed by atoms with Crippen molar-refractivity contribution in [3.63, 3.8) is 0 Å². The van der Waals surface area contributed by atoms with Crippen LogP contribution in [-0.2, 0) is 24.7 Å². The normalized spacial score (nSPS) is 24.7. The fourth-order valence-corrected chi connectivity index (χ4v) is 8.50. The van der Waals surface area contributed by atoms with E-state index in [0.717, 1.165) is 92.8 Å². The van der Waals surface area contributed by atoms with Crippen LogP contribution in [0, 0.1) is 23.6 Å². The van der Waals surface area contributed by atoms with Crippen LogP contribution >= 0.6 is 0 Å². The Hall–Kier alpha value is -3.53. The SMILES string of the molecule is CC[C@H](C1CCC(C(=O)O)CC1)N(C)c1nc2c(c(N[C@@H](CN3CCC[C@H](C)C3)c3cnn(C)c3)n1)C[C@H](c1ccccc1F)CC2. The van der Waals surface area contributed by atoms with Gasteiger partial charge in [0.1, 0.15) is 11.6 Å². The molecule has 9 nitrogen and oxygen atoms in total. The number of carboxylic acid groups (broad SMARTS) is 1. The molecule has 0 bridgehead atoms. The number of aryl methyl sites for hydroxylation is 2. The number of piperidine rings is 1. The molecule has 3 aliphatic rings. The van der Waals surface area contributed by atoms with Crippen LogP contribution in [0.15, 0.2) is 36.7 Å². The largest absolute Gasteiger partial charge is 0.481 e. The molecular weight excluding hydrogens is 593 g/mol. The molecule has 4 atom stereocenters. The van der Waals surface area contributed by atoms with E-state index in [1.165, 1.54) is 12.8 Å². The first kappa shape index (κ1) is 33.4. The number of nitrogens with one attached hydrogen (secondary N) is 1. The van der Waals surface area contributed by atoms with Gasteiger partial charge in [0.25, 0.3) is 0 Å². The maximum atomic E-state index is 15.0.